The number of nitrogens with zero attached hydrogens (tertiary/aromatic N) is 4. The molecule has 1 saturated heterocycles. The van der Waals surface area contributed by atoms with Gasteiger partial charge in [0.05, 0.1) is 38.5 Å². The Morgan fingerprint density at radius 3 is 2.22 bits per heavy atom. The highest BCUT2D eigenvalue weighted by atomic mass is 32.2. The Hall–Kier alpha value is -5.77. The largest absolute Gasteiger partial charge is 0.453 e. The summed E-state index contributed by atoms with van der Waals surface area (Å²) in [4.78, 5) is 46.2. The first kappa shape index (κ1) is 41.9. The molecule has 15 heteroatoms. The molecule has 0 saturated carbocycles. The number of carbonyl (C=O) groups excluding carboxylic acids is 3. The van der Waals surface area contributed by atoms with Crippen molar-refractivity contribution in [3.63, 3.8) is 0 Å². The molecule has 14 nitrogen and oxygen atoms in total. The second kappa shape index (κ2) is 19.6. The number of pyridine rings is 1. The van der Waals surface area contributed by atoms with Crippen molar-refractivity contribution in [3.05, 3.63) is 126 Å². The van der Waals surface area contributed by atoms with E-state index >= 15 is 0 Å². The standard InChI is InChI=1S/C43H48N6O8S/c1-43(2,3)57-42(53)49-25-32(55-35(34(49)26-50)27-58-41-48-47-39(56-41)31-21-23-44-24-22-31)20-19-28-13-11-12-18-33(28)45-38(51)37(46-40(52)54-4)36(29-14-7-5-8-15-29)30-16-9-6-10-17-30/h5-18,21-24,32,34-37,50H,19-20,25-27H2,1-4H3,(H,45,51)(H,46,52)/t32-,34-,35-,37+/m1/s1. The van der Waals surface area contributed by atoms with Crippen molar-refractivity contribution in [1.29, 1.82) is 0 Å². The van der Waals surface area contributed by atoms with Crippen molar-refractivity contribution in [2.75, 3.05) is 31.3 Å². The first-order valence-electron chi connectivity index (χ1n) is 19.0. The molecule has 3 amide bonds. The third kappa shape index (κ3) is 11.0. The van der Waals surface area contributed by atoms with Crippen molar-refractivity contribution in [2.24, 2.45) is 0 Å². The average Bonchev–Trinajstić information content (AvgIpc) is 3.72. The van der Waals surface area contributed by atoms with Gasteiger partial charge in [-0.25, -0.2) is 9.59 Å². The molecule has 3 heterocycles. The average molecular weight is 809 g/mol. The predicted molar refractivity (Wildman–Crippen MR) is 218 cm³/mol. The van der Waals surface area contributed by atoms with Crippen LogP contribution in [0.5, 0.6) is 0 Å². The molecule has 0 radical (unpaired) electrons. The Kier molecular flexibility index (Phi) is 14.1. The highest BCUT2D eigenvalue weighted by molar-refractivity contribution is 7.99. The van der Waals surface area contributed by atoms with E-state index in [4.69, 9.17) is 18.6 Å². The lowest BCUT2D eigenvalue weighted by molar-refractivity contribution is -0.120. The van der Waals surface area contributed by atoms with Crippen LogP contribution in [0.25, 0.3) is 11.5 Å². The van der Waals surface area contributed by atoms with E-state index in [9.17, 15) is 19.5 Å². The first-order valence-corrected chi connectivity index (χ1v) is 20.0. The van der Waals surface area contributed by atoms with Crippen LogP contribution in [0.15, 0.2) is 119 Å². The van der Waals surface area contributed by atoms with E-state index < -0.39 is 53.9 Å². The number of hydrogen-bond donors (Lipinski definition) is 3. The fourth-order valence-corrected chi connectivity index (χ4v) is 7.64. The molecule has 58 heavy (non-hydrogen) atoms. The van der Waals surface area contributed by atoms with Gasteiger partial charge in [0.15, 0.2) is 0 Å². The number of aliphatic hydroxyl groups excluding tert-OH is 1. The number of thioether (sulfide) groups is 1. The highest BCUT2D eigenvalue weighted by Crippen LogP contribution is 2.32. The van der Waals surface area contributed by atoms with Gasteiger partial charge in [-0.1, -0.05) is 90.6 Å². The number of benzene rings is 3. The Morgan fingerprint density at radius 1 is 0.931 bits per heavy atom. The predicted octanol–water partition coefficient (Wildman–Crippen LogP) is 6.72. The summed E-state index contributed by atoms with van der Waals surface area (Å²) in [5, 5.41) is 25.1. The molecule has 6 rings (SSSR count). The van der Waals surface area contributed by atoms with Crippen LogP contribution in [-0.4, -0.2) is 99.2 Å². The molecule has 0 aliphatic carbocycles. The third-order valence-corrected chi connectivity index (χ3v) is 10.4. The van der Waals surface area contributed by atoms with Crippen molar-refractivity contribution < 1.29 is 38.1 Å². The van der Waals surface area contributed by atoms with Crippen LogP contribution >= 0.6 is 11.8 Å². The van der Waals surface area contributed by atoms with Crippen molar-refractivity contribution in [2.45, 2.75) is 74.6 Å². The van der Waals surface area contributed by atoms with Crippen LogP contribution in [0.2, 0.25) is 0 Å². The Balaban J connectivity index is 1.20. The minimum Gasteiger partial charge on any atom is -0.453 e. The molecule has 5 aromatic rings. The lowest BCUT2D eigenvalue weighted by Gasteiger charge is -2.44. The third-order valence-electron chi connectivity index (χ3n) is 9.52. The number of nitrogens with one attached hydrogen (secondary N) is 2. The van der Waals surface area contributed by atoms with Crippen LogP contribution < -0.4 is 10.6 Å². The van der Waals surface area contributed by atoms with E-state index in [1.165, 1.54) is 23.8 Å². The Bertz CT molecular complexity index is 2060. The summed E-state index contributed by atoms with van der Waals surface area (Å²) in [7, 11) is 1.26. The molecule has 3 aromatic carbocycles. The second-order valence-corrected chi connectivity index (χ2v) is 15.7. The number of carbonyl (C=O) groups is 3. The van der Waals surface area contributed by atoms with Crippen molar-refractivity contribution >= 4 is 35.5 Å². The molecule has 4 atom stereocenters. The molecule has 0 spiro atoms. The maximum absolute atomic E-state index is 14.3. The summed E-state index contributed by atoms with van der Waals surface area (Å²) in [6.07, 6.45) is 1.81. The van der Waals surface area contributed by atoms with Crippen LogP contribution in [-0.2, 0) is 25.4 Å². The molecule has 304 valence electrons. The van der Waals surface area contributed by atoms with Crippen molar-refractivity contribution in [1.82, 2.24) is 25.4 Å². The summed E-state index contributed by atoms with van der Waals surface area (Å²) in [6, 6.07) is 28.3. The Labute approximate surface area is 341 Å². The molecule has 1 aliphatic rings. The zero-order chi connectivity index (χ0) is 41.1. The van der Waals surface area contributed by atoms with Gasteiger partial charge in [0.1, 0.15) is 11.6 Å². The maximum Gasteiger partial charge on any atom is 0.410 e. The van der Waals surface area contributed by atoms with Gasteiger partial charge in [-0.3, -0.25) is 14.7 Å². The quantitative estimate of drug-likeness (QED) is 0.101. The number of morpholine rings is 1. The fourth-order valence-electron chi connectivity index (χ4n) is 6.80. The van der Waals surface area contributed by atoms with E-state index in [-0.39, 0.29) is 13.2 Å². The zero-order valence-electron chi connectivity index (χ0n) is 32.8. The summed E-state index contributed by atoms with van der Waals surface area (Å²) < 4.78 is 23.2. The topological polar surface area (TPSA) is 178 Å². The minimum absolute atomic E-state index is 0.170. The lowest BCUT2D eigenvalue weighted by Crippen LogP contribution is -2.60. The van der Waals surface area contributed by atoms with Crippen LogP contribution in [0.3, 0.4) is 0 Å². The molecule has 1 aliphatic heterocycles. The van der Waals surface area contributed by atoms with Gasteiger partial charge in [0.2, 0.25) is 11.8 Å². The number of aliphatic hydroxyl groups is 1. The summed E-state index contributed by atoms with van der Waals surface area (Å²) in [6.45, 7) is 5.19. The lowest BCUT2D eigenvalue weighted by atomic mass is 9.84. The SMILES string of the molecule is COC(=O)N[C@H](C(=O)Nc1ccccc1CC[C@@H]1CN(C(=O)OC(C)(C)C)[C@H](CO)[C@@H](CSc2nnc(-c3ccncc3)o2)O1)C(c1ccccc1)c1ccccc1. The van der Waals surface area contributed by atoms with Crippen LogP contribution in [0, 0.1) is 0 Å². The zero-order valence-corrected chi connectivity index (χ0v) is 33.6. The van der Waals surface area contributed by atoms with Gasteiger partial charge < -0.3 is 34.4 Å². The van der Waals surface area contributed by atoms with E-state index in [1.807, 2.05) is 84.9 Å². The normalized spacial score (nSPS) is 17.3. The molecule has 0 bridgehead atoms. The second-order valence-electron chi connectivity index (χ2n) is 14.7. The van der Waals surface area contributed by atoms with Crippen LogP contribution in [0.1, 0.15) is 49.8 Å². The fraction of sp³-hybridized carbons (Fsp3) is 0.349. The molecule has 2 aromatic heterocycles. The van der Waals surface area contributed by atoms with Crippen molar-refractivity contribution in [3.8, 4) is 11.5 Å². The molecule has 0 unspecified atom stereocenters. The van der Waals surface area contributed by atoms with Gasteiger partial charge in [0, 0.05) is 35.3 Å². The minimum atomic E-state index is -1.04. The molecular weight excluding hydrogens is 761 g/mol. The number of anilines is 1. The smallest absolute Gasteiger partial charge is 0.410 e. The molecular formula is C43H48N6O8S. The van der Waals surface area contributed by atoms with E-state index in [1.54, 1.807) is 45.3 Å². The van der Waals surface area contributed by atoms with Gasteiger partial charge in [-0.05, 0) is 68.5 Å². The number of rotatable bonds is 14. The maximum atomic E-state index is 14.3. The van der Waals surface area contributed by atoms with E-state index in [2.05, 4.69) is 25.8 Å². The summed E-state index contributed by atoms with van der Waals surface area (Å²) >= 11 is 1.26. The van der Waals surface area contributed by atoms with Gasteiger partial charge >= 0.3 is 12.2 Å². The number of aryl methyl sites for hydroxylation is 1. The number of amides is 3. The molecule has 1 fully saturated rings. The summed E-state index contributed by atoms with van der Waals surface area (Å²) in [5.74, 6) is -0.330. The first-order chi connectivity index (χ1) is 28.0. The molecule has 3 N–H and O–H groups in total. The Morgan fingerprint density at radius 2 is 1.59 bits per heavy atom. The number of para-hydroxylation sites is 1. The van der Waals surface area contributed by atoms with Crippen LogP contribution in [0.4, 0.5) is 15.3 Å². The number of aromatic nitrogens is 3. The summed E-state index contributed by atoms with van der Waals surface area (Å²) in [5.41, 5.74) is 3.02. The number of hydrogen-bond acceptors (Lipinski definition) is 12. The van der Waals surface area contributed by atoms with E-state index in [0.29, 0.717) is 35.4 Å². The number of ether oxygens (including phenoxy) is 3. The van der Waals surface area contributed by atoms with Gasteiger partial charge in [0.25, 0.3) is 5.22 Å². The number of methoxy groups -OCH3 is 1. The van der Waals surface area contributed by atoms with E-state index in [0.717, 1.165) is 22.3 Å². The van der Waals surface area contributed by atoms with Gasteiger partial charge in [-0.15, -0.1) is 10.2 Å². The van der Waals surface area contributed by atoms with Gasteiger partial charge in [-0.2, -0.15) is 0 Å². The number of alkyl carbamates (subject to hydrolysis) is 1. The monoisotopic (exact) mass is 808 g/mol. The highest BCUT2D eigenvalue weighted by Gasteiger charge is 2.41.